The van der Waals surface area contributed by atoms with Crippen LogP contribution in [0.3, 0.4) is 0 Å². The number of aryl methyl sites for hydroxylation is 1. The number of benzene rings is 2. The lowest BCUT2D eigenvalue weighted by Gasteiger charge is -2.52. The van der Waals surface area contributed by atoms with Crippen molar-refractivity contribution in [1.82, 2.24) is 4.90 Å². The number of amides is 1. The van der Waals surface area contributed by atoms with E-state index in [1.807, 2.05) is 31.2 Å². The summed E-state index contributed by atoms with van der Waals surface area (Å²) < 4.78 is 0. The van der Waals surface area contributed by atoms with E-state index in [0.717, 1.165) is 5.56 Å². The van der Waals surface area contributed by atoms with Crippen molar-refractivity contribution in [2.24, 2.45) is 17.6 Å². The number of aromatic hydroxyl groups is 1. The minimum atomic E-state index is -2.97. The summed E-state index contributed by atoms with van der Waals surface area (Å²) in [5.74, 6) is -8.77. The molecule has 5 atom stereocenters. The third kappa shape index (κ3) is 3.56. The molecule has 2 aromatic carbocycles. The third-order valence-corrected chi connectivity index (χ3v) is 7.93. The number of carbonyl (C=O) groups is 3. The Morgan fingerprint density at radius 3 is 2.28 bits per heavy atom. The number of hydrogen-bond acceptors (Lipinski definition) is 9. The maximum Gasteiger partial charge on any atom is 0.255 e. The predicted octanol–water partition coefficient (Wildman–Crippen LogP) is 1.40. The van der Waals surface area contributed by atoms with Crippen molar-refractivity contribution in [3.63, 3.8) is 0 Å². The summed E-state index contributed by atoms with van der Waals surface area (Å²) in [5.41, 5.74) is 3.10. The molecule has 10 nitrogen and oxygen atoms in total. The zero-order chi connectivity index (χ0) is 28.5. The van der Waals surface area contributed by atoms with Crippen molar-refractivity contribution in [3.8, 4) is 5.75 Å². The van der Waals surface area contributed by atoms with Crippen LogP contribution < -0.4 is 5.73 Å². The first-order valence-electron chi connectivity index (χ1n) is 12.3. The molecular formula is C29H28N2O8. The van der Waals surface area contributed by atoms with Gasteiger partial charge in [-0.25, -0.2) is 0 Å². The minimum absolute atomic E-state index is 0.177. The fourth-order valence-corrected chi connectivity index (χ4v) is 6.16. The summed E-state index contributed by atoms with van der Waals surface area (Å²) in [6.07, 6.45) is -0.0276. The second-order valence-corrected chi connectivity index (χ2v) is 10.4. The van der Waals surface area contributed by atoms with E-state index in [2.05, 4.69) is 0 Å². The maximum atomic E-state index is 13.8. The monoisotopic (exact) mass is 532 g/mol. The first-order valence-corrected chi connectivity index (χ1v) is 12.3. The highest BCUT2D eigenvalue weighted by Gasteiger charge is 2.67. The number of likely N-dealkylation sites (N-methyl/N-ethyl adjacent to an activating group) is 1. The Bertz CT molecular complexity index is 1530. The molecule has 0 heterocycles. The number of carbonyl (C=O) groups excluding carboxylic acids is 3. The van der Waals surface area contributed by atoms with Crippen LogP contribution in [0.1, 0.15) is 27.0 Å². The average Bonchev–Trinajstić information content (AvgIpc) is 2.86. The molecule has 0 aliphatic heterocycles. The van der Waals surface area contributed by atoms with Crippen molar-refractivity contribution in [1.29, 1.82) is 0 Å². The number of aliphatic hydroxyl groups is 4. The summed E-state index contributed by atoms with van der Waals surface area (Å²) in [7, 11) is 2.97. The summed E-state index contributed by atoms with van der Waals surface area (Å²) >= 11 is 0. The van der Waals surface area contributed by atoms with Gasteiger partial charge in [0.1, 0.15) is 22.8 Å². The second kappa shape index (κ2) is 8.91. The number of phenolic OH excluding ortho intramolecular Hbond substituents is 1. The summed E-state index contributed by atoms with van der Waals surface area (Å²) in [5, 5.41) is 56.8. The first kappa shape index (κ1) is 26.4. The van der Waals surface area contributed by atoms with E-state index >= 15 is 0 Å². The van der Waals surface area contributed by atoms with E-state index < -0.39 is 75.5 Å². The second-order valence-electron chi connectivity index (χ2n) is 10.4. The summed E-state index contributed by atoms with van der Waals surface area (Å²) in [6.45, 7) is 1.91. The van der Waals surface area contributed by atoms with E-state index in [1.165, 1.54) is 31.1 Å². The van der Waals surface area contributed by atoms with Gasteiger partial charge in [-0.2, -0.15) is 0 Å². The molecule has 0 fully saturated rings. The molecule has 7 N–H and O–H groups in total. The van der Waals surface area contributed by atoms with E-state index in [-0.39, 0.29) is 5.56 Å². The third-order valence-electron chi connectivity index (χ3n) is 7.93. The van der Waals surface area contributed by atoms with Crippen molar-refractivity contribution < 1.29 is 39.9 Å². The van der Waals surface area contributed by atoms with E-state index in [0.29, 0.717) is 16.7 Å². The highest BCUT2D eigenvalue weighted by atomic mass is 16.4. The quantitative estimate of drug-likeness (QED) is 0.318. The fourth-order valence-electron chi connectivity index (χ4n) is 6.16. The topological polar surface area (TPSA) is 182 Å². The summed E-state index contributed by atoms with van der Waals surface area (Å²) in [4.78, 5) is 40.8. The van der Waals surface area contributed by atoms with Crippen molar-refractivity contribution in [3.05, 3.63) is 87.4 Å². The van der Waals surface area contributed by atoms with Crippen molar-refractivity contribution >= 4 is 29.1 Å². The van der Waals surface area contributed by atoms with Crippen LogP contribution in [-0.2, 0) is 9.59 Å². The Balaban J connectivity index is 1.86. The summed E-state index contributed by atoms with van der Waals surface area (Å²) in [6, 6.07) is 10.4. The van der Waals surface area contributed by atoms with Crippen LogP contribution in [0.4, 0.5) is 0 Å². The maximum absolute atomic E-state index is 13.8. The van der Waals surface area contributed by atoms with Crippen LogP contribution in [0.2, 0.25) is 0 Å². The van der Waals surface area contributed by atoms with Gasteiger partial charge in [-0.05, 0) is 43.8 Å². The van der Waals surface area contributed by atoms with E-state index in [9.17, 15) is 39.9 Å². The lowest BCUT2D eigenvalue weighted by molar-refractivity contribution is -0.159. The largest absolute Gasteiger partial charge is 0.510 e. The van der Waals surface area contributed by atoms with Crippen LogP contribution >= 0.6 is 0 Å². The highest BCUT2D eigenvalue weighted by Crippen LogP contribution is 2.55. The zero-order valence-electron chi connectivity index (χ0n) is 21.4. The zero-order valence-corrected chi connectivity index (χ0v) is 21.4. The Morgan fingerprint density at radius 2 is 1.69 bits per heavy atom. The molecule has 39 heavy (non-hydrogen) atoms. The number of fused-ring (bicyclic) bond motifs is 3. The van der Waals surface area contributed by atoms with E-state index in [4.69, 9.17) is 5.73 Å². The van der Waals surface area contributed by atoms with Gasteiger partial charge in [0.25, 0.3) is 5.91 Å². The molecule has 0 spiro atoms. The molecule has 2 aromatic rings. The Labute approximate surface area is 223 Å². The number of phenols is 1. The average molecular weight is 533 g/mol. The van der Waals surface area contributed by atoms with E-state index in [1.54, 1.807) is 12.1 Å². The van der Waals surface area contributed by atoms with Crippen LogP contribution in [0.5, 0.6) is 5.75 Å². The molecule has 3 aliphatic rings. The molecule has 0 radical (unpaired) electrons. The van der Waals surface area contributed by atoms with Gasteiger partial charge in [-0.3, -0.25) is 19.3 Å². The van der Waals surface area contributed by atoms with Crippen LogP contribution in [-0.4, -0.2) is 79.7 Å². The van der Waals surface area contributed by atoms with Gasteiger partial charge in [0, 0.05) is 5.92 Å². The Kier molecular flexibility index (Phi) is 6.02. The molecule has 1 amide bonds. The Morgan fingerprint density at radius 1 is 1.05 bits per heavy atom. The van der Waals surface area contributed by atoms with Gasteiger partial charge >= 0.3 is 0 Å². The number of hydrogen-bond donors (Lipinski definition) is 6. The molecule has 0 saturated carbocycles. The molecule has 0 aromatic heterocycles. The number of nitrogens with zero attached hydrogens (tertiary/aromatic N) is 1. The lowest BCUT2D eigenvalue weighted by Crippen LogP contribution is -2.68. The SMILES string of the molecule is Cc1ccc(/C=C2\c3cccc(O)c3C(=O)C3=C(O)C4(O)C(=O)C(C(N)=O)=C(O)C(N(C)C)C4C(O)C32)cc1. The van der Waals surface area contributed by atoms with Gasteiger partial charge in [-0.15, -0.1) is 0 Å². The van der Waals surface area contributed by atoms with Gasteiger partial charge in [0.2, 0.25) is 5.78 Å². The predicted molar refractivity (Wildman–Crippen MR) is 140 cm³/mol. The number of ketones is 2. The fraction of sp³-hybridized carbons (Fsp3) is 0.276. The van der Waals surface area contributed by atoms with Crippen LogP contribution in [0.25, 0.3) is 11.6 Å². The van der Waals surface area contributed by atoms with Gasteiger partial charge in [0.05, 0.1) is 29.2 Å². The molecule has 10 heteroatoms. The van der Waals surface area contributed by atoms with Gasteiger partial charge in [0.15, 0.2) is 11.4 Å². The van der Waals surface area contributed by atoms with Crippen molar-refractivity contribution in [2.45, 2.75) is 24.7 Å². The molecule has 3 aliphatic carbocycles. The smallest absolute Gasteiger partial charge is 0.255 e. The minimum Gasteiger partial charge on any atom is -0.510 e. The van der Waals surface area contributed by atoms with Gasteiger partial charge in [-0.1, -0.05) is 48.0 Å². The number of Topliss-reactive ketones (excluding diaryl/α,β-unsaturated/α-hetero) is 2. The lowest BCUT2D eigenvalue weighted by atomic mass is 9.56. The molecule has 5 rings (SSSR count). The molecule has 5 unspecified atom stereocenters. The molecule has 202 valence electrons. The normalized spacial score (nSPS) is 29.4. The molecule has 0 bridgehead atoms. The number of primary amides is 1. The number of aliphatic hydroxyl groups excluding tert-OH is 3. The first-order chi connectivity index (χ1) is 18.3. The van der Waals surface area contributed by atoms with Crippen molar-refractivity contribution in [2.75, 3.05) is 14.1 Å². The van der Waals surface area contributed by atoms with Gasteiger partial charge < -0.3 is 31.3 Å². The standard InChI is InChI=1S/C29H28N2O8/c1-12-7-9-13(10-8-12)11-15-14-5-4-6-16(32)17(14)23(33)19-18(15)24(34)21-22(31(2)3)25(35)20(28(30)38)27(37)29(21,39)26(19)36/h4-11,18,21-22,24,32,34-36,39H,1-3H3,(H2,30,38)/b15-11+. The Hall–Kier alpha value is -4.25. The number of nitrogens with two attached hydrogens (primary N) is 1. The van der Waals surface area contributed by atoms with Crippen LogP contribution in [0.15, 0.2) is 65.1 Å². The number of rotatable bonds is 3. The highest BCUT2D eigenvalue weighted by molar-refractivity contribution is 6.25. The van der Waals surface area contributed by atoms with Crippen LogP contribution in [0, 0.1) is 18.8 Å². The molecule has 0 saturated heterocycles. The molecular weight excluding hydrogens is 504 g/mol.